The zero-order valence-corrected chi connectivity index (χ0v) is 14.3. The molecule has 0 radical (unpaired) electrons. The molecular weight excluding hydrogens is 296 g/mol. The van der Waals surface area contributed by atoms with Crippen molar-refractivity contribution < 1.29 is 19.0 Å². The average molecular weight is 324 g/mol. The molecule has 0 aromatic rings. The second kappa shape index (κ2) is 11.0. The molecule has 0 aromatic carbocycles. The Bertz CT molecular complexity index is 446. The number of amides is 1. The molecule has 6 heteroatoms. The number of nitrogens with one attached hydrogen (secondary N) is 2. The summed E-state index contributed by atoms with van der Waals surface area (Å²) in [5, 5.41) is 5.90. The van der Waals surface area contributed by atoms with Gasteiger partial charge in [-0.1, -0.05) is 6.08 Å². The molecule has 1 aliphatic rings. The summed E-state index contributed by atoms with van der Waals surface area (Å²) >= 11 is 0. The minimum absolute atomic E-state index is 0.423. The lowest BCUT2D eigenvalue weighted by molar-refractivity contribution is 0.0404. The topological polar surface area (TPSA) is 68.8 Å². The third-order valence-electron chi connectivity index (χ3n) is 2.69. The van der Waals surface area contributed by atoms with Gasteiger partial charge >= 0.3 is 6.09 Å². The van der Waals surface area contributed by atoms with Gasteiger partial charge in [-0.2, -0.15) is 0 Å². The van der Waals surface area contributed by atoms with E-state index in [9.17, 15) is 4.79 Å². The highest BCUT2D eigenvalue weighted by Crippen LogP contribution is 2.06. The molecule has 6 nitrogen and oxygen atoms in total. The van der Waals surface area contributed by atoms with Crippen molar-refractivity contribution in [2.75, 3.05) is 46.1 Å². The van der Waals surface area contributed by atoms with E-state index in [4.69, 9.17) is 14.2 Å². The van der Waals surface area contributed by atoms with Crippen molar-refractivity contribution in [3.8, 4) is 0 Å². The van der Waals surface area contributed by atoms with E-state index in [2.05, 4.69) is 16.4 Å². The van der Waals surface area contributed by atoms with Crippen molar-refractivity contribution in [1.82, 2.24) is 10.6 Å². The highest BCUT2D eigenvalue weighted by molar-refractivity contribution is 5.67. The predicted molar refractivity (Wildman–Crippen MR) is 89.5 cm³/mol. The van der Waals surface area contributed by atoms with Crippen molar-refractivity contribution in [2.24, 2.45) is 0 Å². The lowest BCUT2D eigenvalue weighted by Crippen LogP contribution is -2.34. The van der Waals surface area contributed by atoms with Crippen molar-refractivity contribution in [1.29, 1.82) is 0 Å². The van der Waals surface area contributed by atoms with Crippen molar-refractivity contribution in [2.45, 2.75) is 26.4 Å². The number of allylic oxidation sites excluding steroid dienone is 1. The quantitative estimate of drug-likeness (QED) is 0.448. The highest BCUT2D eigenvalue weighted by Gasteiger charge is 2.15. The zero-order valence-electron chi connectivity index (χ0n) is 14.3. The minimum Gasteiger partial charge on any atom is -0.444 e. The first-order valence-electron chi connectivity index (χ1n) is 7.93. The van der Waals surface area contributed by atoms with Crippen LogP contribution < -0.4 is 10.6 Å². The van der Waals surface area contributed by atoms with Crippen LogP contribution in [0.5, 0.6) is 0 Å². The molecule has 0 saturated heterocycles. The first kappa shape index (κ1) is 19.5. The summed E-state index contributed by atoms with van der Waals surface area (Å²) in [4.78, 5) is 11.4. The van der Waals surface area contributed by atoms with Crippen LogP contribution in [0, 0.1) is 0 Å². The first-order chi connectivity index (χ1) is 11.0. The Labute approximate surface area is 138 Å². The molecule has 0 bridgehead atoms. The molecule has 1 rings (SSSR count). The van der Waals surface area contributed by atoms with Crippen LogP contribution >= 0.6 is 0 Å². The second-order valence-electron chi connectivity index (χ2n) is 6.03. The number of hydrogen-bond donors (Lipinski definition) is 2. The van der Waals surface area contributed by atoms with Crippen LogP contribution in [0.1, 0.15) is 20.8 Å². The van der Waals surface area contributed by atoms with Crippen LogP contribution in [-0.4, -0.2) is 57.8 Å². The monoisotopic (exact) mass is 324 g/mol. The van der Waals surface area contributed by atoms with Gasteiger partial charge in [-0.25, -0.2) is 4.79 Å². The lowest BCUT2D eigenvalue weighted by Gasteiger charge is -2.19. The zero-order chi connectivity index (χ0) is 17.0. The van der Waals surface area contributed by atoms with Crippen LogP contribution in [0.2, 0.25) is 0 Å². The Morgan fingerprint density at radius 3 is 2.43 bits per heavy atom. The number of hydrogen-bond acceptors (Lipinski definition) is 5. The fourth-order valence-corrected chi connectivity index (χ4v) is 1.71. The van der Waals surface area contributed by atoms with Gasteiger partial charge in [0.1, 0.15) is 5.60 Å². The van der Waals surface area contributed by atoms with Crippen molar-refractivity contribution in [3.63, 3.8) is 0 Å². The largest absolute Gasteiger partial charge is 0.444 e. The molecule has 0 fully saturated rings. The van der Waals surface area contributed by atoms with Gasteiger partial charge in [0.2, 0.25) is 0 Å². The number of alkyl carbamates (subject to hydrolysis) is 1. The van der Waals surface area contributed by atoms with Crippen LogP contribution in [0.3, 0.4) is 0 Å². The third kappa shape index (κ3) is 11.6. The maximum Gasteiger partial charge on any atom is 0.407 e. The van der Waals surface area contributed by atoms with Gasteiger partial charge in [0, 0.05) is 25.2 Å². The maximum atomic E-state index is 11.4. The summed E-state index contributed by atoms with van der Waals surface area (Å²) in [5.74, 6) is 0. The number of carbonyl (C=O) groups excluding carboxylic acids is 1. The van der Waals surface area contributed by atoms with E-state index in [1.54, 1.807) is 0 Å². The van der Waals surface area contributed by atoms with E-state index in [-0.39, 0.29) is 0 Å². The summed E-state index contributed by atoms with van der Waals surface area (Å²) in [7, 11) is 0. The van der Waals surface area contributed by atoms with E-state index < -0.39 is 11.7 Å². The maximum absolute atomic E-state index is 11.4. The molecule has 0 aromatic heterocycles. The number of rotatable bonds is 11. The number of ether oxygens (including phenoxy) is 3. The molecule has 1 aliphatic carbocycles. The van der Waals surface area contributed by atoms with E-state index in [1.165, 1.54) is 0 Å². The van der Waals surface area contributed by atoms with Crippen molar-refractivity contribution in [3.05, 3.63) is 29.5 Å². The Balaban J connectivity index is 1.80. The highest BCUT2D eigenvalue weighted by atomic mass is 16.6. The second-order valence-corrected chi connectivity index (χ2v) is 6.03. The van der Waals surface area contributed by atoms with Gasteiger partial charge in [0.05, 0.1) is 26.4 Å². The Kier molecular flexibility index (Phi) is 9.33. The smallest absolute Gasteiger partial charge is 0.407 e. The van der Waals surface area contributed by atoms with Crippen LogP contribution in [0.25, 0.3) is 0 Å². The van der Waals surface area contributed by atoms with Crippen LogP contribution in [0.15, 0.2) is 29.5 Å². The van der Waals surface area contributed by atoms with Gasteiger partial charge in [-0.3, -0.25) is 0 Å². The lowest BCUT2D eigenvalue weighted by atomic mass is 10.2. The molecule has 0 heterocycles. The summed E-state index contributed by atoms with van der Waals surface area (Å²) in [6.45, 7) is 9.63. The number of carbonyl (C=O) groups is 1. The fraction of sp³-hybridized carbons (Fsp3) is 0.647. The van der Waals surface area contributed by atoms with E-state index in [0.717, 1.165) is 18.7 Å². The van der Waals surface area contributed by atoms with E-state index in [0.29, 0.717) is 33.0 Å². The molecule has 0 atom stereocenters. The Morgan fingerprint density at radius 2 is 1.83 bits per heavy atom. The normalized spacial score (nSPS) is 13.3. The summed E-state index contributed by atoms with van der Waals surface area (Å²) in [6, 6.07) is 0. The average Bonchev–Trinajstić information content (AvgIpc) is 2.96. The van der Waals surface area contributed by atoms with Crippen LogP contribution in [-0.2, 0) is 14.2 Å². The van der Waals surface area contributed by atoms with Gasteiger partial charge < -0.3 is 24.8 Å². The van der Waals surface area contributed by atoms with E-state index >= 15 is 0 Å². The Hall–Kier alpha value is -1.59. The first-order valence-corrected chi connectivity index (χ1v) is 7.93. The summed E-state index contributed by atoms with van der Waals surface area (Å²) in [5.41, 5.74) is 3.81. The summed E-state index contributed by atoms with van der Waals surface area (Å²) < 4.78 is 15.9. The van der Waals surface area contributed by atoms with E-state index in [1.807, 2.05) is 39.0 Å². The molecule has 0 saturated carbocycles. The standard InChI is InChI=1S/C17H28N2O4/c1-17(2,3)23-16(20)19-9-11-22-13-12-21-10-8-18-14-15-6-4-5-7-15/h4-6,18H,8-14H2,1-3H3,(H,19,20). The molecular formula is C17H28N2O4. The van der Waals surface area contributed by atoms with Gasteiger partial charge in [0.15, 0.2) is 0 Å². The van der Waals surface area contributed by atoms with Gasteiger partial charge in [-0.05, 0) is 32.9 Å². The minimum atomic E-state index is -0.478. The van der Waals surface area contributed by atoms with Crippen LogP contribution in [0.4, 0.5) is 4.79 Å². The molecule has 0 aliphatic heterocycles. The predicted octanol–water partition coefficient (Wildman–Crippen LogP) is 1.79. The molecule has 1 amide bonds. The fourth-order valence-electron chi connectivity index (χ4n) is 1.71. The van der Waals surface area contributed by atoms with Gasteiger partial charge in [-0.15, -0.1) is 5.73 Å². The SMILES string of the molecule is CC(C)(C)OC(=O)NCCOCCOCCNCC1=C=CC=C1. The van der Waals surface area contributed by atoms with Gasteiger partial charge in [0.25, 0.3) is 0 Å². The summed E-state index contributed by atoms with van der Waals surface area (Å²) in [6.07, 6.45) is 5.49. The molecule has 2 N–H and O–H groups in total. The molecule has 0 spiro atoms. The molecule has 23 heavy (non-hydrogen) atoms. The molecule has 0 unspecified atom stereocenters. The van der Waals surface area contributed by atoms with Crippen molar-refractivity contribution >= 4 is 6.09 Å². The third-order valence-corrected chi connectivity index (χ3v) is 2.69. The Morgan fingerprint density at radius 1 is 1.13 bits per heavy atom. The molecule has 130 valence electrons.